The molecular formula is C62H85ClN4O16. The number of hydrogen-bond donors (Lipinski definition) is 1. The van der Waals surface area contributed by atoms with E-state index in [2.05, 4.69) is 0 Å². The van der Waals surface area contributed by atoms with Gasteiger partial charge in [-0.25, -0.2) is 9.59 Å². The van der Waals surface area contributed by atoms with Crippen molar-refractivity contribution in [1.82, 2.24) is 9.80 Å². The van der Waals surface area contributed by atoms with Gasteiger partial charge in [-0.2, -0.15) is 0 Å². The maximum Gasteiger partial charge on any atom is 0.411 e. The third-order valence-electron chi connectivity index (χ3n) is 15.1. The first-order chi connectivity index (χ1) is 39.0. The molecule has 0 aromatic heterocycles. The van der Waals surface area contributed by atoms with Crippen LogP contribution in [0.5, 0.6) is 11.5 Å². The molecule has 10 atom stereocenters. The lowest BCUT2D eigenvalue weighted by molar-refractivity contribution is -0.386. The van der Waals surface area contributed by atoms with E-state index in [0.717, 1.165) is 5.56 Å². The Balaban J connectivity index is 0.000000308. The van der Waals surface area contributed by atoms with E-state index >= 15 is 0 Å². The van der Waals surface area contributed by atoms with Crippen molar-refractivity contribution in [3.8, 4) is 11.5 Å². The van der Waals surface area contributed by atoms with Crippen molar-refractivity contribution < 1.29 is 67.3 Å². The number of Topliss-reactive ketones (excluding diaryl/α,β-unsaturated/α-hetero) is 2. The second-order valence-electron chi connectivity index (χ2n) is 22.7. The number of rotatable bonds is 22. The minimum atomic E-state index is -0.818. The van der Waals surface area contributed by atoms with Crippen LogP contribution in [0.15, 0.2) is 97.1 Å². The molecule has 6 rings (SSSR count). The zero-order chi connectivity index (χ0) is 61.9. The number of nitro groups is 2. The second-order valence-corrected chi connectivity index (χ2v) is 22.9. The Morgan fingerprint density at radius 1 is 0.578 bits per heavy atom. The molecule has 456 valence electrons. The van der Waals surface area contributed by atoms with E-state index in [1.165, 1.54) is 53.5 Å². The molecule has 83 heavy (non-hydrogen) atoms. The lowest BCUT2D eigenvalue weighted by Gasteiger charge is -2.42. The number of ketones is 2. The normalized spacial score (nSPS) is 22.2. The van der Waals surface area contributed by atoms with E-state index < -0.39 is 58.0 Å². The zero-order valence-electron chi connectivity index (χ0n) is 50.4. The standard InChI is InChI=1S/C31H42N2O8.C21H29ClN2O7.C10H14O/c1-8-32(19-39-31(6,7)17-24-12-10-9-11-13-24)30(35)38-18-25-14-15-27(26(16-25)33(36)37)40-29-22(4)20(2)21(3)28(41-29)23(5)34;1-6-23(11-22)21(26)29-10-16-7-8-18(17(9-16)24(27)28)30-20-14(4)12(2)13(3)19(31-20)15(5)25;1-10(2,11)8-9-6-4-3-5-7-9/h9-16,20-22,28-29H,8,17-19H2,1-7H3;7-9,12-14,19-20H,6,10-11H2,1-5H3;3-7,11H,8H2,1-2H3/t20-,21?,22-,28?,29?;12-,13?,14-,19?,20?;/m00./s1. The summed E-state index contributed by atoms with van der Waals surface area (Å²) in [6.07, 6.45) is -2.69. The Morgan fingerprint density at radius 3 is 1.31 bits per heavy atom. The van der Waals surface area contributed by atoms with Crippen LogP contribution in [0.4, 0.5) is 21.0 Å². The molecule has 4 aromatic rings. The number of carbonyl (C=O) groups excluding carboxylic acids is 4. The van der Waals surface area contributed by atoms with Crippen molar-refractivity contribution in [3.05, 3.63) is 140 Å². The van der Waals surface area contributed by atoms with Gasteiger partial charge in [0.05, 0.1) is 27.1 Å². The highest BCUT2D eigenvalue weighted by Crippen LogP contribution is 2.40. The van der Waals surface area contributed by atoms with Gasteiger partial charge in [-0.1, -0.05) is 114 Å². The first kappa shape index (κ1) is 68.8. The summed E-state index contributed by atoms with van der Waals surface area (Å²) >= 11 is 5.67. The van der Waals surface area contributed by atoms with E-state index in [0.29, 0.717) is 37.1 Å². The largest absolute Gasteiger partial charge is 0.457 e. The Labute approximate surface area is 493 Å². The molecule has 2 fully saturated rings. The zero-order valence-corrected chi connectivity index (χ0v) is 51.2. The lowest BCUT2D eigenvalue weighted by atomic mass is 9.78. The fraction of sp³-hybridized carbons (Fsp3) is 0.548. The maximum absolute atomic E-state index is 12.8. The minimum absolute atomic E-state index is 0.00239. The van der Waals surface area contributed by atoms with Gasteiger partial charge in [0.1, 0.15) is 32.2 Å². The van der Waals surface area contributed by atoms with Gasteiger partial charge in [-0.15, -0.1) is 11.6 Å². The fourth-order valence-electron chi connectivity index (χ4n) is 9.53. The number of aliphatic hydroxyl groups is 1. The predicted molar refractivity (Wildman–Crippen MR) is 314 cm³/mol. The molecule has 0 spiro atoms. The topological polar surface area (TPSA) is 246 Å². The summed E-state index contributed by atoms with van der Waals surface area (Å²) in [4.78, 5) is 73.8. The molecule has 0 bridgehead atoms. The molecule has 21 heteroatoms. The molecule has 0 radical (unpaired) electrons. The molecule has 2 aliphatic rings. The molecular weight excluding hydrogens is 1090 g/mol. The van der Waals surface area contributed by atoms with Gasteiger partial charge < -0.3 is 38.3 Å². The van der Waals surface area contributed by atoms with E-state index in [4.69, 9.17) is 44.8 Å². The number of nitro benzene ring substituents is 2. The monoisotopic (exact) mass is 1180 g/mol. The van der Waals surface area contributed by atoms with Crippen molar-refractivity contribution in [3.63, 3.8) is 0 Å². The molecule has 2 saturated heterocycles. The number of amides is 2. The number of benzene rings is 4. The summed E-state index contributed by atoms with van der Waals surface area (Å²) in [6, 6.07) is 28.7. The highest BCUT2D eigenvalue weighted by Gasteiger charge is 2.44. The van der Waals surface area contributed by atoms with Gasteiger partial charge in [0.2, 0.25) is 12.6 Å². The van der Waals surface area contributed by atoms with E-state index in [-0.39, 0.29) is 95.9 Å². The van der Waals surface area contributed by atoms with E-state index in [1.54, 1.807) is 19.1 Å². The van der Waals surface area contributed by atoms with Gasteiger partial charge in [-0.3, -0.25) is 39.6 Å². The summed E-state index contributed by atoms with van der Waals surface area (Å²) in [5.74, 6) is -0.113. The van der Waals surface area contributed by atoms with Crippen LogP contribution in [0.25, 0.3) is 0 Å². The molecule has 20 nitrogen and oxygen atoms in total. The van der Waals surface area contributed by atoms with Gasteiger partial charge >= 0.3 is 23.6 Å². The number of halogens is 1. The molecule has 2 aliphatic heterocycles. The number of ether oxygens (including phenoxy) is 7. The summed E-state index contributed by atoms with van der Waals surface area (Å²) < 4.78 is 40.2. The number of alkyl halides is 1. The Kier molecular flexibility index (Phi) is 26.4. The lowest BCUT2D eigenvalue weighted by Crippen LogP contribution is -2.49. The van der Waals surface area contributed by atoms with Crippen LogP contribution in [0.2, 0.25) is 0 Å². The van der Waals surface area contributed by atoms with Crippen molar-refractivity contribution in [1.29, 1.82) is 0 Å². The molecule has 4 aromatic carbocycles. The average Bonchev–Trinajstić information content (AvgIpc) is 3.60. The highest BCUT2D eigenvalue weighted by molar-refractivity contribution is 6.18. The van der Waals surface area contributed by atoms with Gasteiger partial charge in [0.15, 0.2) is 23.1 Å². The van der Waals surface area contributed by atoms with Gasteiger partial charge in [-0.05, 0) is 113 Å². The van der Waals surface area contributed by atoms with E-state index in [1.807, 2.05) is 137 Å². The van der Waals surface area contributed by atoms with Crippen molar-refractivity contribution >= 4 is 46.7 Å². The molecule has 0 saturated carbocycles. The summed E-state index contributed by atoms with van der Waals surface area (Å²) in [6.45, 7) is 26.3. The van der Waals surface area contributed by atoms with Crippen molar-refractivity contribution in [2.45, 2.75) is 159 Å². The van der Waals surface area contributed by atoms with Crippen LogP contribution < -0.4 is 9.47 Å². The minimum Gasteiger partial charge on any atom is -0.457 e. The van der Waals surface area contributed by atoms with Crippen LogP contribution in [0.1, 0.15) is 119 Å². The molecule has 2 heterocycles. The third-order valence-corrected chi connectivity index (χ3v) is 15.4. The van der Waals surface area contributed by atoms with Crippen LogP contribution in [0.3, 0.4) is 0 Å². The van der Waals surface area contributed by atoms with Crippen LogP contribution in [0, 0.1) is 55.7 Å². The molecule has 1 N–H and O–H groups in total. The molecule has 0 aliphatic carbocycles. The SMILES string of the molecule is CC(C)(O)Cc1ccccc1.CCN(CCl)C(=O)OCc1ccc(OC2OC(C(C)=O)C(C)[C@H](C)[C@@H]2C)c([N+](=O)[O-])c1.CCN(COC(C)(C)Cc1ccccc1)C(=O)OCc1ccc(OC2OC(C(C)=O)C(C)[C@H](C)[C@@H]2C)c([N+](=O)[O-])c1. The van der Waals surface area contributed by atoms with E-state index in [9.17, 15) is 44.5 Å². The second kappa shape index (κ2) is 31.8. The Hall–Kier alpha value is -6.71. The van der Waals surface area contributed by atoms with Crippen molar-refractivity contribution in [2.24, 2.45) is 35.5 Å². The van der Waals surface area contributed by atoms with Crippen LogP contribution >= 0.6 is 11.6 Å². The van der Waals surface area contributed by atoms with Gasteiger partial charge in [0, 0.05) is 49.9 Å². The summed E-state index contributed by atoms with van der Waals surface area (Å²) in [5, 5.41) is 33.0. The predicted octanol–water partition coefficient (Wildman–Crippen LogP) is 12.5. The number of carbonyl (C=O) groups is 4. The first-order valence-electron chi connectivity index (χ1n) is 28.0. The van der Waals surface area contributed by atoms with Crippen molar-refractivity contribution in [2.75, 3.05) is 25.8 Å². The quantitative estimate of drug-likeness (QED) is 0.0253. The highest BCUT2D eigenvalue weighted by atomic mass is 35.5. The number of hydrogen-bond acceptors (Lipinski definition) is 16. The van der Waals surface area contributed by atoms with Crippen LogP contribution in [-0.4, -0.2) is 110 Å². The smallest absolute Gasteiger partial charge is 0.411 e. The van der Waals surface area contributed by atoms with Crippen LogP contribution in [-0.2, 0) is 59.3 Å². The summed E-state index contributed by atoms with van der Waals surface area (Å²) in [5.41, 5.74) is 1.51. The third kappa shape index (κ3) is 20.8. The summed E-state index contributed by atoms with van der Waals surface area (Å²) in [7, 11) is 0. The molecule has 6 unspecified atom stereocenters. The first-order valence-corrected chi connectivity index (χ1v) is 28.6. The maximum atomic E-state index is 12.8. The average molecular weight is 1180 g/mol. The Morgan fingerprint density at radius 2 is 0.964 bits per heavy atom. The Bertz CT molecular complexity index is 2760. The van der Waals surface area contributed by atoms with Gasteiger partial charge in [0.25, 0.3) is 0 Å². The molecule has 2 amide bonds. The number of nitrogens with zero attached hydrogens (tertiary/aromatic N) is 4. The fourth-order valence-corrected chi connectivity index (χ4v) is 9.79.